The average molecular weight is 257 g/mol. The zero-order chi connectivity index (χ0) is 13.5. The van der Waals surface area contributed by atoms with E-state index in [4.69, 9.17) is 0 Å². The summed E-state index contributed by atoms with van der Waals surface area (Å²) in [5, 5.41) is 3.60. The van der Waals surface area contributed by atoms with Gasteiger partial charge in [0.25, 0.3) is 0 Å². The number of hydrogen-bond donors (Lipinski definition) is 1. The van der Waals surface area contributed by atoms with Crippen LogP contribution in [0.5, 0.6) is 0 Å². The molecule has 0 aliphatic carbocycles. The molecule has 0 fully saturated rings. The number of rotatable bonds is 7. The molecule has 0 radical (unpaired) electrons. The predicted octanol–water partition coefficient (Wildman–Crippen LogP) is 3.09. The third-order valence-corrected chi connectivity index (χ3v) is 3.38. The smallest absolute Gasteiger partial charge is 0.125 e. The third-order valence-electron chi connectivity index (χ3n) is 3.38. The van der Waals surface area contributed by atoms with Crippen molar-refractivity contribution >= 4 is 0 Å². The molecule has 0 saturated heterocycles. The van der Waals surface area contributed by atoms with E-state index >= 15 is 0 Å². The lowest BCUT2D eigenvalue weighted by Crippen LogP contribution is -2.25. The lowest BCUT2D eigenvalue weighted by Gasteiger charge is -2.18. The second-order valence-electron chi connectivity index (χ2n) is 4.93. The molecule has 2 aromatic rings. The minimum Gasteiger partial charge on any atom is -0.337 e. The first-order valence-corrected chi connectivity index (χ1v) is 7.05. The van der Waals surface area contributed by atoms with Gasteiger partial charge in [-0.15, -0.1) is 0 Å². The average Bonchev–Trinajstić information content (AvgIpc) is 2.86. The molecule has 19 heavy (non-hydrogen) atoms. The van der Waals surface area contributed by atoms with E-state index in [1.165, 1.54) is 5.56 Å². The number of benzene rings is 1. The Labute approximate surface area is 115 Å². The summed E-state index contributed by atoms with van der Waals surface area (Å²) in [4.78, 5) is 4.48. The van der Waals surface area contributed by atoms with Crippen LogP contribution in [0.15, 0.2) is 42.7 Å². The molecule has 102 valence electrons. The van der Waals surface area contributed by atoms with Crippen molar-refractivity contribution < 1.29 is 0 Å². The van der Waals surface area contributed by atoms with Gasteiger partial charge in [-0.3, -0.25) is 0 Å². The van der Waals surface area contributed by atoms with E-state index in [2.05, 4.69) is 59.2 Å². The van der Waals surface area contributed by atoms with Gasteiger partial charge in [0.2, 0.25) is 0 Å². The van der Waals surface area contributed by atoms with Gasteiger partial charge in [0.1, 0.15) is 5.82 Å². The van der Waals surface area contributed by atoms with Crippen molar-refractivity contribution in [2.45, 2.75) is 32.2 Å². The summed E-state index contributed by atoms with van der Waals surface area (Å²) in [6.45, 7) is 3.23. The molecule has 1 atom stereocenters. The monoisotopic (exact) mass is 257 g/mol. The Hall–Kier alpha value is -1.61. The number of aromatic nitrogens is 2. The van der Waals surface area contributed by atoms with E-state index in [1.54, 1.807) is 0 Å². The van der Waals surface area contributed by atoms with Crippen LogP contribution < -0.4 is 5.32 Å². The Morgan fingerprint density at radius 3 is 2.68 bits per heavy atom. The number of aryl methyl sites for hydroxylation is 2. The second-order valence-corrected chi connectivity index (χ2v) is 4.93. The normalized spacial score (nSPS) is 12.5. The van der Waals surface area contributed by atoms with E-state index in [0.717, 1.165) is 31.6 Å². The maximum Gasteiger partial charge on any atom is 0.125 e. The molecule has 3 nitrogen and oxygen atoms in total. The molecular weight excluding hydrogens is 234 g/mol. The number of nitrogens with one attached hydrogen (secondary N) is 1. The van der Waals surface area contributed by atoms with Gasteiger partial charge in [0.05, 0.1) is 6.04 Å². The van der Waals surface area contributed by atoms with Crippen LogP contribution in [0.25, 0.3) is 0 Å². The Morgan fingerprint density at radius 1 is 1.26 bits per heavy atom. The maximum absolute atomic E-state index is 4.48. The summed E-state index contributed by atoms with van der Waals surface area (Å²) in [6.07, 6.45) is 7.19. The first-order chi connectivity index (χ1) is 9.31. The molecule has 2 rings (SSSR count). The Bertz CT molecular complexity index is 476. The van der Waals surface area contributed by atoms with Gasteiger partial charge in [0, 0.05) is 19.4 Å². The van der Waals surface area contributed by atoms with Crippen LogP contribution in [0.3, 0.4) is 0 Å². The lowest BCUT2D eigenvalue weighted by molar-refractivity contribution is 0.465. The molecule has 1 heterocycles. The molecule has 1 aromatic heterocycles. The van der Waals surface area contributed by atoms with Crippen LogP contribution in [0.4, 0.5) is 0 Å². The summed E-state index contributed by atoms with van der Waals surface area (Å²) in [6, 6.07) is 11.0. The lowest BCUT2D eigenvalue weighted by atomic mass is 10.0. The van der Waals surface area contributed by atoms with Crippen molar-refractivity contribution in [2.75, 3.05) is 6.54 Å². The summed E-state index contributed by atoms with van der Waals surface area (Å²) >= 11 is 0. The summed E-state index contributed by atoms with van der Waals surface area (Å²) < 4.78 is 2.11. The molecule has 3 heteroatoms. The third kappa shape index (κ3) is 3.93. The quantitative estimate of drug-likeness (QED) is 0.826. The number of nitrogens with zero attached hydrogens (tertiary/aromatic N) is 2. The van der Waals surface area contributed by atoms with Gasteiger partial charge in [0.15, 0.2) is 0 Å². The standard InChI is InChI=1S/C16H23N3/c1-3-11-17-15(16-18-12-13-19(16)2)10-9-14-7-5-4-6-8-14/h4-8,12-13,15,17H,3,9-11H2,1-2H3. The van der Waals surface area contributed by atoms with Gasteiger partial charge in [-0.2, -0.15) is 0 Å². The van der Waals surface area contributed by atoms with Crippen molar-refractivity contribution in [3.8, 4) is 0 Å². The summed E-state index contributed by atoms with van der Waals surface area (Å²) in [5.41, 5.74) is 1.39. The second kappa shape index (κ2) is 7.10. The van der Waals surface area contributed by atoms with Gasteiger partial charge in [-0.1, -0.05) is 37.3 Å². The fourth-order valence-corrected chi connectivity index (χ4v) is 2.31. The van der Waals surface area contributed by atoms with Crippen LogP contribution >= 0.6 is 0 Å². The van der Waals surface area contributed by atoms with Gasteiger partial charge in [-0.05, 0) is 31.4 Å². The number of imidazole rings is 1. The maximum atomic E-state index is 4.48. The summed E-state index contributed by atoms with van der Waals surface area (Å²) in [5.74, 6) is 1.13. The van der Waals surface area contributed by atoms with Crippen LogP contribution in [0.2, 0.25) is 0 Å². The zero-order valence-electron chi connectivity index (χ0n) is 11.8. The Kier molecular flexibility index (Phi) is 5.16. The van der Waals surface area contributed by atoms with Crippen LogP contribution in [0.1, 0.15) is 37.2 Å². The topological polar surface area (TPSA) is 29.9 Å². The molecule has 0 aliphatic heterocycles. The van der Waals surface area contributed by atoms with Crippen LogP contribution in [0, 0.1) is 0 Å². The fraction of sp³-hybridized carbons (Fsp3) is 0.438. The highest BCUT2D eigenvalue weighted by Crippen LogP contribution is 2.17. The van der Waals surface area contributed by atoms with Crippen LogP contribution in [-0.2, 0) is 13.5 Å². The minimum absolute atomic E-state index is 0.333. The van der Waals surface area contributed by atoms with Crippen molar-refractivity contribution in [3.05, 3.63) is 54.1 Å². The highest BCUT2D eigenvalue weighted by Gasteiger charge is 2.14. The summed E-state index contributed by atoms with van der Waals surface area (Å²) in [7, 11) is 2.06. The predicted molar refractivity (Wildman–Crippen MR) is 79.0 cm³/mol. The van der Waals surface area contributed by atoms with E-state index in [9.17, 15) is 0 Å². The van der Waals surface area contributed by atoms with E-state index in [-0.39, 0.29) is 0 Å². The van der Waals surface area contributed by atoms with Gasteiger partial charge in [-0.25, -0.2) is 4.98 Å². The van der Waals surface area contributed by atoms with Crippen LogP contribution in [-0.4, -0.2) is 16.1 Å². The minimum atomic E-state index is 0.333. The Morgan fingerprint density at radius 2 is 2.05 bits per heavy atom. The van der Waals surface area contributed by atoms with Gasteiger partial charge >= 0.3 is 0 Å². The molecule has 0 amide bonds. The molecule has 0 bridgehead atoms. The van der Waals surface area contributed by atoms with E-state index < -0.39 is 0 Å². The molecule has 0 saturated carbocycles. The highest BCUT2D eigenvalue weighted by molar-refractivity contribution is 5.15. The molecular formula is C16H23N3. The SMILES string of the molecule is CCCNC(CCc1ccccc1)c1nccn1C. The molecule has 0 spiro atoms. The molecule has 1 N–H and O–H groups in total. The largest absolute Gasteiger partial charge is 0.337 e. The molecule has 1 unspecified atom stereocenters. The van der Waals surface area contributed by atoms with E-state index in [0.29, 0.717) is 6.04 Å². The Balaban J connectivity index is 2.00. The molecule has 0 aliphatic rings. The fourth-order valence-electron chi connectivity index (χ4n) is 2.31. The molecule has 1 aromatic carbocycles. The number of hydrogen-bond acceptors (Lipinski definition) is 2. The van der Waals surface area contributed by atoms with Gasteiger partial charge < -0.3 is 9.88 Å². The van der Waals surface area contributed by atoms with Crippen molar-refractivity contribution in [1.82, 2.24) is 14.9 Å². The van der Waals surface area contributed by atoms with Crippen molar-refractivity contribution in [3.63, 3.8) is 0 Å². The first-order valence-electron chi connectivity index (χ1n) is 7.05. The van der Waals surface area contributed by atoms with E-state index in [1.807, 2.05) is 12.4 Å². The van der Waals surface area contributed by atoms with Crippen molar-refractivity contribution in [2.24, 2.45) is 7.05 Å². The van der Waals surface area contributed by atoms with Crippen molar-refractivity contribution in [1.29, 1.82) is 0 Å². The first kappa shape index (κ1) is 13.8. The zero-order valence-corrected chi connectivity index (χ0v) is 11.8. The highest BCUT2D eigenvalue weighted by atomic mass is 15.1.